The van der Waals surface area contributed by atoms with Crippen molar-refractivity contribution in [2.24, 2.45) is 0 Å². The van der Waals surface area contributed by atoms with Crippen molar-refractivity contribution in [3.8, 4) is 5.75 Å². The standard InChI is InChI=1S/C16H19BrN2O4/c1-8(2)23-15(20)13-9(3)18-16(21)19-14(13)11-7-10(17)5-6-12(11)22-4/h5-8,14H,1-4H3,(H2,18,19,21)/t14-/m1/s1. The maximum atomic E-state index is 12.5. The first-order chi connectivity index (χ1) is 10.8. The van der Waals surface area contributed by atoms with Crippen molar-refractivity contribution in [1.29, 1.82) is 0 Å². The highest BCUT2D eigenvalue weighted by Gasteiger charge is 2.34. The molecule has 1 aliphatic rings. The number of nitrogens with one attached hydrogen (secondary N) is 2. The third kappa shape index (κ3) is 3.85. The molecule has 0 unspecified atom stereocenters. The molecule has 0 saturated carbocycles. The first kappa shape index (κ1) is 17.3. The molecule has 6 nitrogen and oxygen atoms in total. The molecule has 0 fully saturated rings. The van der Waals surface area contributed by atoms with Crippen LogP contribution in [0, 0.1) is 0 Å². The van der Waals surface area contributed by atoms with Crippen LogP contribution in [0.5, 0.6) is 5.75 Å². The highest BCUT2D eigenvalue weighted by Crippen LogP contribution is 2.35. The van der Waals surface area contributed by atoms with Gasteiger partial charge in [0.15, 0.2) is 0 Å². The van der Waals surface area contributed by atoms with Gasteiger partial charge >= 0.3 is 12.0 Å². The SMILES string of the molecule is COc1ccc(Br)cc1[C@H]1NC(=O)NC(C)=C1C(=O)OC(C)C. The number of carbonyl (C=O) groups is 2. The van der Waals surface area contributed by atoms with Crippen LogP contribution in [0.25, 0.3) is 0 Å². The summed E-state index contributed by atoms with van der Waals surface area (Å²) in [4.78, 5) is 24.3. The zero-order chi connectivity index (χ0) is 17.1. The number of carbonyl (C=O) groups excluding carboxylic acids is 2. The number of halogens is 1. The highest BCUT2D eigenvalue weighted by atomic mass is 79.9. The van der Waals surface area contributed by atoms with Crippen LogP contribution in [0.1, 0.15) is 32.4 Å². The summed E-state index contributed by atoms with van der Waals surface area (Å²) in [6.45, 7) is 5.22. The summed E-state index contributed by atoms with van der Waals surface area (Å²) in [5, 5.41) is 5.37. The molecule has 0 spiro atoms. The molecule has 1 atom stereocenters. The third-order valence-electron chi connectivity index (χ3n) is 3.33. The Morgan fingerprint density at radius 2 is 2.04 bits per heavy atom. The van der Waals surface area contributed by atoms with Crippen molar-refractivity contribution in [1.82, 2.24) is 10.6 Å². The molecule has 124 valence electrons. The van der Waals surface area contributed by atoms with Crippen LogP contribution in [0.3, 0.4) is 0 Å². The van der Waals surface area contributed by atoms with Crippen molar-refractivity contribution < 1.29 is 19.1 Å². The Bertz CT molecular complexity index is 670. The Balaban J connectivity index is 2.53. The molecule has 23 heavy (non-hydrogen) atoms. The van der Waals surface area contributed by atoms with E-state index in [1.165, 1.54) is 7.11 Å². The monoisotopic (exact) mass is 382 g/mol. The smallest absolute Gasteiger partial charge is 0.338 e. The molecule has 1 aliphatic heterocycles. The number of amides is 2. The number of urea groups is 1. The van der Waals surface area contributed by atoms with Gasteiger partial charge in [0.1, 0.15) is 5.75 Å². The van der Waals surface area contributed by atoms with Crippen molar-refractivity contribution in [3.63, 3.8) is 0 Å². The van der Waals surface area contributed by atoms with Gasteiger partial charge in [0.25, 0.3) is 0 Å². The van der Waals surface area contributed by atoms with Gasteiger partial charge in [-0.25, -0.2) is 9.59 Å². The Morgan fingerprint density at radius 3 is 2.65 bits per heavy atom. The van der Waals surface area contributed by atoms with E-state index in [-0.39, 0.29) is 12.1 Å². The van der Waals surface area contributed by atoms with Gasteiger partial charge in [-0.1, -0.05) is 15.9 Å². The molecule has 0 saturated heterocycles. The van der Waals surface area contributed by atoms with Crippen molar-refractivity contribution in [2.75, 3.05) is 7.11 Å². The predicted octanol–water partition coefficient (Wildman–Crippen LogP) is 3.04. The van der Waals surface area contributed by atoms with Crippen LogP contribution in [-0.2, 0) is 9.53 Å². The lowest BCUT2D eigenvalue weighted by Gasteiger charge is -2.29. The zero-order valence-corrected chi connectivity index (χ0v) is 15.0. The van der Waals surface area contributed by atoms with Crippen LogP contribution in [0.15, 0.2) is 33.9 Å². The summed E-state index contributed by atoms with van der Waals surface area (Å²) >= 11 is 3.40. The quantitative estimate of drug-likeness (QED) is 0.784. The predicted molar refractivity (Wildman–Crippen MR) is 89.0 cm³/mol. The van der Waals surface area contributed by atoms with Gasteiger partial charge in [0.2, 0.25) is 0 Å². The largest absolute Gasteiger partial charge is 0.496 e. The van der Waals surface area contributed by atoms with Gasteiger partial charge in [0.05, 0.1) is 24.8 Å². The lowest BCUT2D eigenvalue weighted by Crippen LogP contribution is -2.45. The Labute approximate surface area is 143 Å². The normalized spacial score (nSPS) is 17.7. The lowest BCUT2D eigenvalue weighted by atomic mass is 9.95. The molecule has 0 bridgehead atoms. The summed E-state index contributed by atoms with van der Waals surface area (Å²) in [5.41, 5.74) is 1.49. The second kappa shape index (κ2) is 7.04. The van der Waals surface area contributed by atoms with Gasteiger partial charge in [-0.05, 0) is 39.0 Å². The first-order valence-electron chi connectivity index (χ1n) is 7.16. The number of methoxy groups -OCH3 is 1. The molecule has 0 aromatic heterocycles. The Kier molecular flexibility index (Phi) is 5.30. The number of allylic oxidation sites excluding steroid dienone is 1. The second-order valence-corrected chi connectivity index (χ2v) is 6.33. The van der Waals surface area contributed by atoms with Gasteiger partial charge in [-0.3, -0.25) is 0 Å². The molecule has 7 heteroatoms. The average Bonchev–Trinajstić information content (AvgIpc) is 2.45. The number of hydrogen-bond donors (Lipinski definition) is 2. The highest BCUT2D eigenvalue weighted by molar-refractivity contribution is 9.10. The maximum Gasteiger partial charge on any atom is 0.338 e. The summed E-state index contributed by atoms with van der Waals surface area (Å²) < 4.78 is 11.5. The fourth-order valence-corrected chi connectivity index (χ4v) is 2.78. The van der Waals surface area contributed by atoms with Crippen molar-refractivity contribution >= 4 is 27.9 Å². The van der Waals surface area contributed by atoms with Crippen LogP contribution in [0.2, 0.25) is 0 Å². The van der Waals surface area contributed by atoms with Crippen LogP contribution in [0.4, 0.5) is 4.79 Å². The summed E-state index contributed by atoms with van der Waals surface area (Å²) in [6, 6.07) is 4.38. The van der Waals surface area contributed by atoms with E-state index >= 15 is 0 Å². The van der Waals surface area contributed by atoms with Crippen molar-refractivity contribution in [3.05, 3.63) is 39.5 Å². The molecule has 2 amide bonds. The molecule has 0 aliphatic carbocycles. The van der Waals surface area contributed by atoms with Crippen LogP contribution in [-0.4, -0.2) is 25.2 Å². The van der Waals surface area contributed by atoms with Gasteiger partial charge in [-0.15, -0.1) is 0 Å². The summed E-state index contributed by atoms with van der Waals surface area (Å²) in [6.07, 6.45) is -0.259. The van der Waals surface area contributed by atoms with E-state index in [0.29, 0.717) is 22.6 Å². The molecule has 2 rings (SSSR count). The first-order valence-corrected chi connectivity index (χ1v) is 7.95. The minimum absolute atomic E-state index is 0.259. The zero-order valence-electron chi connectivity index (χ0n) is 13.4. The molecule has 1 aromatic rings. The Morgan fingerprint density at radius 1 is 1.35 bits per heavy atom. The second-order valence-electron chi connectivity index (χ2n) is 5.41. The maximum absolute atomic E-state index is 12.5. The van der Waals surface area contributed by atoms with Gasteiger partial charge in [0, 0.05) is 15.7 Å². The van der Waals surface area contributed by atoms with E-state index < -0.39 is 12.0 Å². The lowest BCUT2D eigenvalue weighted by molar-refractivity contribution is -0.143. The van der Waals surface area contributed by atoms with E-state index in [9.17, 15) is 9.59 Å². The average molecular weight is 383 g/mol. The van der Waals surface area contributed by atoms with E-state index in [1.54, 1.807) is 26.8 Å². The molecular formula is C16H19BrN2O4. The molecular weight excluding hydrogens is 364 g/mol. The minimum Gasteiger partial charge on any atom is -0.496 e. The number of rotatable bonds is 4. The van der Waals surface area contributed by atoms with Crippen LogP contribution >= 0.6 is 15.9 Å². The van der Waals surface area contributed by atoms with E-state index in [4.69, 9.17) is 9.47 Å². The fourth-order valence-electron chi connectivity index (χ4n) is 2.41. The van der Waals surface area contributed by atoms with E-state index in [1.807, 2.05) is 12.1 Å². The molecule has 2 N–H and O–H groups in total. The number of esters is 1. The summed E-state index contributed by atoms with van der Waals surface area (Å²) in [7, 11) is 1.54. The van der Waals surface area contributed by atoms with E-state index in [2.05, 4.69) is 26.6 Å². The van der Waals surface area contributed by atoms with Gasteiger partial charge in [-0.2, -0.15) is 0 Å². The number of hydrogen-bond acceptors (Lipinski definition) is 4. The van der Waals surface area contributed by atoms with E-state index in [0.717, 1.165) is 4.47 Å². The minimum atomic E-state index is -0.651. The third-order valence-corrected chi connectivity index (χ3v) is 3.83. The number of benzene rings is 1. The molecule has 1 aromatic carbocycles. The molecule has 0 radical (unpaired) electrons. The van der Waals surface area contributed by atoms with Crippen LogP contribution < -0.4 is 15.4 Å². The summed E-state index contributed by atoms with van der Waals surface area (Å²) in [5.74, 6) is 0.0973. The van der Waals surface area contributed by atoms with Crippen molar-refractivity contribution in [2.45, 2.75) is 32.9 Å². The number of ether oxygens (including phenoxy) is 2. The molecule has 1 heterocycles. The Hall–Kier alpha value is -2.02. The van der Waals surface area contributed by atoms with Gasteiger partial charge < -0.3 is 20.1 Å². The topological polar surface area (TPSA) is 76.7 Å². The fraction of sp³-hybridized carbons (Fsp3) is 0.375.